The highest BCUT2D eigenvalue weighted by Crippen LogP contribution is 2.19. The molecule has 0 radical (unpaired) electrons. The fraction of sp³-hybridized carbons (Fsp3) is 0.222. The number of aryl methyl sites for hydroxylation is 1. The number of sulfone groups is 1. The third-order valence-corrected chi connectivity index (χ3v) is 3.09. The number of hydrogen-bond donors (Lipinski definition) is 0. The van der Waals surface area contributed by atoms with Crippen LogP contribution in [-0.4, -0.2) is 19.9 Å². The van der Waals surface area contributed by atoms with Gasteiger partial charge >= 0.3 is 0 Å². The molecule has 0 bridgehead atoms. The first-order valence-corrected chi connectivity index (χ1v) is 6.10. The van der Waals surface area contributed by atoms with Crippen molar-refractivity contribution in [3.05, 3.63) is 29.3 Å². The Kier molecular flexibility index (Phi) is 2.97. The Morgan fingerprint density at radius 1 is 1.36 bits per heavy atom. The highest BCUT2D eigenvalue weighted by atomic mass is 35.5. The Labute approximate surface area is 87.6 Å². The number of hydrogen-bond acceptors (Lipinski definition) is 3. The van der Waals surface area contributed by atoms with Crippen LogP contribution in [0.3, 0.4) is 0 Å². The fourth-order valence-electron chi connectivity index (χ4n) is 1.10. The standard InChI is InChI=1S/C9H9ClO3S/c1-6-3-4-7(9(10)11)8(5-6)14(2,12)13/h3-5H,1-2H3. The van der Waals surface area contributed by atoms with E-state index in [9.17, 15) is 13.2 Å². The van der Waals surface area contributed by atoms with Gasteiger partial charge in [0.15, 0.2) is 9.84 Å². The second-order valence-electron chi connectivity index (χ2n) is 3.05. The zero-order valence-electron chi connectivity index (χ0n) is 7.74. The molecule has 0 unspecified atom stereocenters. The third kappa shape index (κ3) is 2.33. The van der Waals surface area contributed by atoms with Crippen LogP contribution in [0.5, 0.6) is 0 Å². The number of carbonyl (C=O) groups excluding carboxylic acids is 1. The molecule has 0 aliphatic heterocycles. The first kappa shape index (κ1) is 11.2. The van der Waals surface area contributed by atoms with E-state index in [-0.39, 0.29) is 10.5 Å². The molecule has 0 spiro atoms. The molecular weight excluding hydrogens is 224 g/mol. The molecule has 1 aromatic carbocycles. The molecule has 3 nitrogen and oxygen atoms in total. The van der Waals surface area contributed by atoms with Crippen molar-refractivity contribution in [1.82, 2.24) is 0 Å². The summed E-state index contributed by atoms with van der Waals surface area (Å²) in [6.07, 6.45) is 1.05. The van der Waals surface area contributed by atoms with Crippen molar-refractivity contribution in [2.24, 2.45) is 0 Å². The van der Waals surface area contributed by atoms with Crippen LogP contribution in [0.25, 0.3) is 0 Å². The Morgan fingerprint density at radius 2 is 1.93 bits per heavy atom. The Morgan fingerprint density at radius 3 is 2.36 bits per heavy atom. The predicted molar refractivity (Wildman–Crippen MR) is 54.5 cm³/mol. The highest BCUT2D eigenvalue weighted by Gasteiger charge is 2.17. The zero-order valence-corrected chi connectivity index (χ0v) is 9.32. The maximum absolute atomic E-state index is 11.3. The molecule has 0 amide bonds. The molecule has 0 atom stereocenters. The lowest BCUT2D eigenvalue weighted by molar-refractivity contribution is 0.107. The van der Waals surface area contributed by atoms with Gasteiger partial charge < -0.3 is 0 Å². The molecule has 0 saturated carbocycles. The van der Waals surface area contributed by atoms with Gasteiger partial charge in [0.2, 0.25) is 0 Å². The average molecular weight is 233 g/mol. The predicted octanol–water partition coefficient (Wildman–Crippen LogP) is 1.78. The maximum atomic E-state index is 11.3. The summed E-state index contributed by atoms with van der Waals surface area (Å²) < 4.78 is 22.6. The minimum atomic E-state index is -3.41. The van der Waals surface area contributed by atoms with Crippen molar-refractivity contribution < 1.29 is 13.2 Å². The van der Waals surface area contributed by atoms with Gasteiger partial charge in [0, 0.05) is 6.26 Å². The van der Waals surface area contributed by atoms with E-state index in [4.69, 9.17) is 11.6 Å². The zero-order chi connectivity index (χ0) is 10.9. The van der Waals surface area contributed by atoms with Gasteiger partial charge in [-0.25, -0.2) is 8.42 Å². The summed E-state index contributed by atoms with van der Waals surface area (Å²) in [5, 5.41) is -0.759. The van der Waals surface area contributed by atoms with Gasteiger partial charge in [0.1, 0.15) is 0 Å². The molecule has 0 aromatic heterocycles. The van der Waals surface area contributed by atoms with Gasteiger partial charge in [-0.05, 0) is 36.2 Å². The third-order valence-electron chi connectivity index (χ3n) is 1.75. The second-order valence-corrected chi connectivity index (χ2v) is 5.37. The number of rotatable bonds is 2. The number of halogens is 1. The van der Waals surface area contributed by atoms with Gasteiger partial charge in [0.05, 0.1) is 10.5 Å². The van der Waals surface area contributed by atoms with E-state index < -0.39 is 15.1 Å². The fourth-order valence-corrected chi connectivity index (χ4v) is 2.28. The topological polar surface area (TPSA) is 51.2 Å². The van der Waals surface area contributed by atoms with Crippen LogP contribution in [0, 0.1) is 6.92 Å². The normalized spacial score (nSPS) is 11.4. The van der Waals surface area contributed by atoms with Crippen LogP contribution in [0.4, 0.5) is 0 Å². The summed E-state index contributed by atoms with van der Waals surface area (Å²) in [7, 11) is -3.41. The molecule has 76 valence electrons. The lowest BCUT2D eigenvalue weighted by Crippen LogP contribution is -2.05. The Hall–Kier alpha value is -0.870. The summed E-state index contributed by atoms with van der Waals surface area (Å²) in [4.78, 5) is 10.9. The van der Waals surface area contributed by atoms with Crippen molar-refractivity contribution in [1.29, 1.82) is 0 Å². The Bertz CT molecular complexity index is 477. The summed E-state index contributed by atoms with van der Waals surface area (Å²) in [6, 6.07) is 4.50. The minimum absolute atomic E-state index is 0.0162. The summed E-state index contributed by atoms with van der Waals surface area (Å²) in [5.41, 5.74) is 0.798. The SMILES string of the molecule is Cc1ccc(C(=O)Cl)c(S(C)(=O)=O)c1. The van der Waals surface area contributed by atoms with Crippen LogP contribution < -0.4 is 0 Å². The molecular formula is C9H9ClO3S. The average Bonchev–Trinajstić information content (AvgIpc) is 2.01. The van der Waals surface area contributed by atoms with E-state index >= 15 is 0 Å². The van der Waals surface area contributed by atoms with Crippen molar-refractivity contribution in [3.8, 4) is 0 Å². The summed E-state index contributed by atoms with van der Waals surface area (Å²) in [6.45, 7) is 1.75. The van der Waals surface area contributed by atoms with E-state index in [2.05, 4.69) is 0 Å². The van der Waals surface area contributed by atoms with Gasteiger partial charge in [-0.3, -0.25) is 4.79 Å². The smallest absolute Gasteiger partial charge is 0.253 e. The molecule has 0 aliphatic carbocycles. The van der Waals surface area contributed by atoms with E-state index in [1.54, 1.807) is 13.0 Å². The summed E-state index contributed by atoms with van der Waals surface area (Å²) in [5.74, 6) is 0. The van der Waals surface area contributed by atoms with Crippen LogP contribution in [0.15, 0.2) is 23.1 Å². The van der Waals surface area contributed by atoms with Crippen LogP contribution in [-0.2, 0) is 9.84 Å². The van der Waals surface area contributed by atoms with Crippen molar-refractivity contribution in [3.63, 3.8) is 0 Å². The van der Waals surface area contributed by atoms with Gasteiger partial charge in [-0.2, -0.15) is 0 Å². The monoisotopic (exact) mass is 232 g/mol. The first-order chi connectivity index (χ1) is 6.32. The second kappa shape index (κ2) is 3.71. The van der Waals surface area contributed by atoms with Gasteiger partial charge in [0.25, 0.3) is 5.24 Å². The van der Waals surface area contributed by atoms with E-state index in [0.29, 0.717) is 0 Å². The molecule has 5 heteroatoms. The quantitative estimate of drug-likeness (QED) is 0.731. The molecule has 1 rings (SSSR count). The number of carbonyl (C=O) groups is 1. The minimum Gasteiger partial charge on any atom is -0.276 e. The molecule has 1 aromatic rings. The summed E-state index contributed by atoms with van der Waals surface area (Å²) >= 11 is 5.26. The molecule has 0 heterocycles. The van der Waals surface area contributed by atoms with Gasteiger partial charge in [-0.15, -0.1) is 0 Å². The molecule has 0 fully saturated rings. The van der Waals surface area contributed by atoms with Crippen LogP contribution in [0.1, 0.15) is 15.9 Å². The lowest BCUT2D eigenvalue weighted by atomic mass is 10.2. The maximum Gasteiger partial charge on any atom is 0.253 e. The van der Waals surface area contributed by atoms with E-state index in [1.165, 1.54) is 12.1 Å². The largest absolute Gasteiger partial charge is 0.276 e. The van der Waals surface area contributed by atoms with Crippen molar-refractivity contribution in [2.75, 3.05) is 6.26 Å². The lowest BCUT2D eigenvalue weighted by Gasteiger charge is -2.04. The molecule has 0 aliphatic rings. The van der Waals surface area contributed by atoms with Crippen molar-refractivity contribution >= 4 is 26.7 Å². The first-order valence-electron chi connectivity index (χ1n) is 3.83. The van der Waals surface area contributed by atoms with E-state index in [0.717, 1.165) is 11.8 Å². The molecule has 14 heavy (non-hydrogen) atoms. The molecule has 0 N–H and O–H groups in total. The van der Waals surface area contributed by atoms with E-state index in [1.807, 2.05) is 0 Å². The van der Waals surface area contributed by atoms with Crippen molar-refractivity contribution in [2.45, 2.75) is 11.8 Å². The highest BCUT2D eigenvalue weighted by molar-refractivity contribution is 7.90. The van der Waals surface area contributed by atoms with Crippen LogP contribution in [0.2, 0.25) is 0 Å². The van der Waals surface area contributed by atoms with Crippen LogP contribution >= 0.6 is 11.6 Å². The molecule has 0 saturated heterocycles. The number of benzene rings is 1. The Balaban J connectivity index is 3.54. The van der Waals surface area contributed by atoms with Gasteiger partial charge in [-0.1, -0.05) is 6.07 Å².